The minimum Gasteiger partial charge on any atom is -0.458 e. The van der Waals surface area contributed by atoms with Crippen LogP contribution in [0.25, 0.3) is 0 Å². The summed E-state index contributed by atoms with van der Waals surface area (Å²) in [6.07, 6.45) is 3.69. The van der Waals surface area contributed by atoms with Crippen molar-refractivity contribution in [1.82, 2.24) is 4.57 Å². The Kier molecular flexibility index (Phi) is 9.75. The average Bonchev–Trinajstić information content (AvgIpc) is 3.07. The first-order valence-corrected chi connectivity index (χ1v) is 18.9. The van der Waals surface area contributed by atoms with Crippen molar-refractivity contribution in [3.63, 3.8) is 0 Å². The van der Waals surface area contributed by atoms with Crippen LogP contribution in [0, 0.1) is 0 Å². The molecule has 1 aliphatic rings. The molecule has 1 saturated heterocycles. The second-order valence-corrected chi connectivity index (χ2v) is 20.7. The van der Waals surface area contributed by atoms with Gasteiger partial charge in [-0.2, -0.15) is 0 Å². The standard InChI is InChI=1S/C16H41NO4Si4/c1-16(24(7,8)21-23(5)6,10-13-17-12-9-14-22-17)11-15-25(18-2,19-3)20-4/h23H,9-15,22H2,1-8H3. The lowest BCUT2D eigenvalue weighted by Gasteiger charge is -2.45. The van der Waals surface area contributed by atoms with Gasteiger partial charge in [0.25, 0.3) is 0 Å². The molecular formula is C16H41NO4Si4. The smallest absolute Gasteiger partial charge is 0.458 e. The van der Waals surface area contributed by atoms with Crippen molar-refractivity contribution in [3.8, 4) is 0 Å². The van der Waals surface area contributed by atoms with Crippen LogP contribution in [-0.4, -0.2) is 74.8 Å². The quantitative estimate of drug-likeness (QED) is 0.451. The van der Waals surface area contributed by atoms with Crippen molar-refractivity contribution in [2.45, 2.75) is 69.5 Å². The van der Waals surface area contributed by atoms with E-state index in [2.05, 4.69) is 37.7 Å². The SMILES string of the molecule is CO[Si](CCC(C)(CCN1CCC[SiH2]1)[Si](C)(C)O[SiH](C)C)(OC)OC. The molecule has 1 rings (SSSR count). The summed E-state index contributed by atoms with van der Waals surface area (Å²) < 4.78 is 26.4. The molecule has 0 bridgehead atoms. The van der Waals surface area contributed by atoms with Crippen LogP contribution < -0.4 is 0 Å². The van der Waals surface area contributed by atoms with E-state index >= 15 is 0 Å². The molecule has 150 valence electrons. The van der Waals surface area contributed by atoms with Gasteiger partial charge in [-0.25, -0.2) is 0 Å². The lowest BCUT2D eigenvalue weighted by Crippen LogP contribution is -2.50. The van der Waals surface area contributed by atoms with E-state index in [-0.39, 0.29) is 14.7 Å². The summed E-state index contributed by atoms with van der Waals surface area (Å²) in [5, 5.41) is 0.217. The van der Waals surface area contributed by atoms with Gasteiger partial charge in [0.1, 0.15) is 0 Å². The Balaban J connectivity index is 2.88. The normalized spacial score (nSPS) is 20.5. The van der Waals surface area contributed by atoms with Crippen LogP contribution in [0.1, 0.15) is 26.2 Å². The van der Waals surface area contributed by atoms with Crippen LogP contribution in [0.15, 0.2) is 0 Å². The zero-order valence-corrected chi connectivity index (χ0v) is 22.4. The van der Waals surface area contributed by atoms with Crippen LogP contribution in [0.2, 0.25) is 43.3 Å². The maximum absolute atomic E-state index is 6.65. The van der Waals surface area contributed by atoms with Gasteiger partial charge in [0.2, 0.25) is 0 Å². The van der Waals surface area contributed by atoms with E-state index in [4.69, 9.17) is 17.4 Å². The first-order chi connectivity index (χ1) is 11.6. The highest BCUT2D eigenvalue weighted by Crippen LogP contribution is 2.48. The molecule has 0 aliphatic carbocycles. The predicted octanol–water partition coefficient (Wildman–Crippen LogP) is 2.82. The molecule has 1 atom stereocenters. The second kappa shape index (κ2) is 10.3. The molecule has 0 saturated carbocycles. The molecule has 1 aliphatic heterocycles. The molecule has 0 amide bonds. The number of rotatable bonds is 12. The van der Waals surface area contributed by atoms with Gasteiger partial charge >= 0.3 is 8.80 Å². The number of nitrogens with zero attached hydrogens (tertiary/aromatic N) is 1. The Hall–Kier alpha value is 0.668. The highest BCUT2D eigenvalue weighted by molar-refractivity contribution is 6.80. The van der Waals surface area contributed by atoms with E-state index in [0.717, 1.165) is 12.5 Å². The van der Waals surface area contributed by atoms with E-state index in [0.29, 0.717) is 0 Å². The van der Waals surface area contributed by atoms with E-state index in [1.807, 2.05) is 0 Å². The molecular weight excluding hydrogens is 383 g/mol. The third kappa shape index (κ3) is 6.65. The minimum atomic E-state index is -2.53. The fourth-order valence-corrected chi connectivity index (χ4v) is 15.1. The maximum Gasteiger partial charge on any atom is 0.500 e. The molecule has 0 aromatic heterocycles. The Morgan fingerprint density at radius 3 is 2.12 bits per heavy atom. The molecule has 0 spiro atoms. The topological polar surface area (TPSA) is 40.2 Å². The number of hydrogen-bond acceptors (Lipinski definition) is 5. The Morgan fingerprint density at radius 2 is 1.68 bits per heavy atom. The Labute approximate surface area is 161 Å². The fraction of sp³-hybridized carbons (Fsp3) is 1.00. The van der Waals surface area contributed by atoms with Gasteiger partial charge in [0.15, 0.2) is 17.4 Å². The monoisotopic (exact) mass is 423 g/mol. The predicted molar refractivity (Wildman–Crippen MR) is 116 cm³/mol. The summed E-state index contributed by atoms with van der Waals surface area (Å²) in [7, 11) is -0.255. The molecule has 9 heteroatoms. The summed E-state index contributed by atoms with van der Waals surface area (Å²) in [6.45, 7) is 14.4. The van der Waals surface area contributed by atoms with Gasteiger partial charge in [0.05, 0.1) is 9.68 Å². The van der Waals surface area contributed by atoms with Crippen molar-refractivity contribution >= 4 is 35.8 Å². The Morgan fingerprint density at radius 1 is 1.08 bits per heavy atom. The highest BCUT2D eigenvalue weighted by Gasteiger charge is 2.48. The molecule has 5 nitrogen and oxygen atoms in total. The summed E-state index contributed by atoms with van der Waals surface area (Å²) in [5.74, 6) is 0. The van der Waals surface area contributed by atoms with Crippen molar-refractivity contribution in [3.05, 3.63) is 0 Å². The molecule has 0 N–H and O–H groups in total. The van der Waals surface area contributed by atoms with Gasteiger partial charge in [-0.15, -0.1) is 0 Å². The largest absolute Gasteiger partial charge is 0.500 e. The van der Waals surface area contributed by atoms with Gasteiger partial charge in [-0.3, -0.25) is 0 Å². The van der Waals surface area contributed by atoms with E-state index in [9.17, 15) is 0 Å². The van der Waals surface area contributed by atoms with Crippen LogP contribution in [0.4, 0.5) is 0 Å². The second-order valence-electron chi connectivity index (χ2n) is 8.33. The van der Waals surface area contributed by atoms with Crippen LogP contribution in [-0.2, 0) is 17.4 Å². The van der Waals surface area contributed by atoms with Crippen LogP contribution in [0.5, 0.6) is 0 Å². The summed E-state index contributed by atoms with van der Waals surface area (Å²) >= 11 is 0. The average molecular weight is 424 g/mol. The van der Waals surface area contributed by atoms with Crippen molar-refractivity contribution < 1.29 is 17.4 Å². The first-order valence-electron chi connectivity index (χ1n) is 9.69. The van der Waals surface area contributed by atoms with Gasteiger partial charge in [0, 0.05) is 27.4 Å². The van der Waals surface area contributed by atoms with Crippen molar-refractivity contribution in [2.24, 2.45) is 0 Å². The molecule has 0 aromatic rings. The molecule has 25 heavy (non-hydrogen) atoms. The lowest BCUT2D eigenvalue weighted by atomic mass is 10.0. The minimum absolute atomic E-state index is 0.0193. The maximum atomic E-state index is 6.65. The fourth-order valence-electron chi connectivity index (χ4n) is 3.85. The van der Waals surface area contributed by atoms with E-state index in [1.54, 1.807) is 21.3 Å². The summed E-state index contributed by atoms with van der Waals surface area (Å²) in [6, 6.07) is 2.35. The molecule has 1 unspecified atom stereocenters. The first kappa shape index (κ1) is 23.7. The summed E-state index contributed by atoms with van der Waals surface area (Å²) in [4.78, 5) is 0. The molecule has 0 aromatic carbocycles. The molecule has 1 heterocycles. The number of hydrogen-bond donors (Lipinski definition) is 0. The van der Waals surface area contributed by atoms with Gasteiger partial charge < -0.3 is 22.0 Å². The van der Waals surface area contributed by atoms with Crippen molar-refractivity contribution in [1.29, 1.82) is 0 Å². The summed E-state index contributed by atoms with van der Waals surface area (Å²) in [5.41, 5.74) is 0. The third-order valence-electron chi connectivity index (χ3n) is 6.08. The molecule has 0 radical (unpaired) electrons. The lowest BCUT2D eigenvalue weighted by molar-refractivity contribution is 0.121. The zero-order valence-electron chi connectivity index (χ0n) is 17.8. The highest BCUT2D eigenvalue weighted by atomic mass is 28.4. The van der Waals surface area contributed by atoms with Crippen molar-refractivity contribution in [2.75, 3.05) is 34.4 Å². The van der Waals surface area contributed by atoms with Crippen LogP contribution in [0.3, 0.4) is 0 Å². The zero-order chi connectivity index (χ0) is 19.1. The molecule has 1 fully saturated rings. The Bertz CT molecular complexity index is 382. The van der Waals surface area contributed by atoms with Gasteiger partial charge in [-0.1, -0.05) is 6.92 Å². The van der Waals surface area contributed by atoms with Gasteiger partial charge in [-0.05, 0) is 69.6 Å². The van der Waals surface area contributed by atoms with E-state index < -0.39 is 26.2 Å². The van der Waals surface area contributed by atoms with E-state index in [1.165, 1.54) is 32.0 Å². The van der Waals surface area contributed by atoms with Crippen LogP contribution >= 0.6 is 0 Å². The third-order valence-corrected chi connectivity index (χ3v) is 18.5.